The maximum absolute atomic E-state index is 2.49. The third kappa shape index (κ3) is 5.02. The molecular weight excluding hydrogens is 641 g/mol. The first-order chi connectivity index (χ1) is 26.1. The van der Waals surface area contributed by atoms with Gasteiger partial charge in [-0.1, -0.05) is 141 Å². The molecule has 1 aliphatic rings. The third-order valence-corrected chi connectivity index (χ3v) is 11.2. The molecule has 10 rings (SSSR count). The molecule has 1 heterocycles. The normalized spacial score (nSPS) is 13.2. The van der Waals surface area contributed by atoms with Crippen LogP contribution in [0.25, 0.3) is 43.4 Å². The smallest absolute Gasteiger partial charge is 0.0509 e. The summed E-state index contributed by atoms with van der Waals surface area (Å²) in [6.45, 7) is 4.80. The summed E-state index contributed by atoms with van der Waals surface area (Å²) in [5, 5.41) is 7.72. The molecule has 0 aromatic heterocycles. The number of hydrogen-bond acceptors (Lipinski definition) is 2. The van der Waals surface area contributed by atoms with Crippen molar-refractivity contribution in [2.24, 2.45) is 0 Å². The molecule has 0 fully saturated rings. The number of para-hydroxylation sites is 2. The highest BCUT2D eigenvalue weighted by molar-refractivity contribution is 6.26. The van der Waals surface area contributed by atoms with E-state index in [2.05, 4.69) is 218 Å². The van der Waals surface area contributed by atoms with Crippen LogP contribution < -0.4 is 9.80 Å². The van der Waals surface area contributed by atoms with E-state index in [4.69, 9.17) is 0 Å². The van der Waals surface area contributed by atoms with Gasteiger partial charge < -0.3 is 9.80 Å². The summed E-state index contributed by atoms with van der Waals surface area (Å²) < 4.78 is 0. The Labute approximate surface area is 310 Å². The fourth-order valence-corrected chi connectivity index (χ4v) is 8.57. The average Bonchev–Trinajstić information content (AvgIpc) is 3.22. The lowest BCUT2D eigenvalue weighted by Crippen LogP contribution is -2.31. The molecule has 0 atom stereocenters. The van der Waals surface area contributed by atoms with Gasteiger partial charge in [0.2, 0.25) is 0 Å². The largest absolute Gasteiger partial charge is 0.310 e. The van der Waals surface area contributed by atoms with Crippen molar-refractivity contribution in [1.82, 2.24) is 0 Å². The molecule has 1 aliphatic heterocycles. The van der Waals surface area contributed by atoms with Crippen LogP contribution in [0.1, 0.15) is 25.0 Å². The molecule has 0 saturated carbocycles. The molecule has 0 aliphatic carbocycles. The molecule has 0 unspecified atom stereocenters. The quantitative estimate of drug-likeness (QED) is 0.167. The number of hydrogen-bond donors (Lipinski definition) is 0. The van der Waals surface area contributed by atoms with Gasteiger partial charge in [-0.2, -0.15) is 0 Å². The Bertz CT molecular complexity index is 2750. The average molecular weight is 679 g/mol. The van der Waals surface area contributed by atoms with Gasteiger partial charge in [-0.25, -0.2) is 0 Å². The lowest BCUT2D eigenvalue weighted by Gasteiger charge is -2.43. The third-order valence-electron chi connectivity index (χ3n) is 11.2. The van der Waals surface area contributed by atoms with Gasteiger partial charge in [-0.3, -0.25) is 0 Å². The molecule has 0 amide bonds. The van der Waals surface area contributed by atoms with E-state index in [9.17, 15) is 0 Å². The summed E-state index contributed by atoms with van der Waals surface area (Å²) in [5.74, 6) is 0. The first-order valence-electron chi connectivity index (χ1n) is 18.4. The fourth-order valence-electron chi connectivity index (χ4n) is 8.57. The molecule has 0 saturated heterocycles. The SMILES string of the molecule is CC1(C)c2cc(N(c3ccccc3)c3ccccc3)ccc2N(c2ccc(-c3ccccc3)cc2)c2cc3c4ccccc4c4ccccc4c3cc21. The molecule has 0 spiro atoms. The monoisotopic (exact) mass is 678 g/mol. The van der Waals surface area contributed by atoms with E-state index in [1.165, 1.54) is 65.9 Å². The molecular formula is C51H38N2. The number of nitrogens with zero attached hydrogens (tertiary/aromatic N) is 2. The minimum atomic E-state index is -0.304. The summed E-state index contributed by atoms with van der Waals surface area (Å²) in [5.41, 5.74) is 11.7. The maximum atomic E-state index is 2.49. The van der Waals surface area contributed by atoms with Crippen LogP contribution in [0.4, 0.5) is 34.1 Å². The van der Waals surface area contributed by atoms with Crippen LogP contribution in [-0.2, 0) is 5.41 Å². The zero-order valence-electron chi connectivity index (χ0n) is 29.9. The topological polar surface area (TPSA) is 6.48 Å². The number of rotatable bonds is 5. The standard InChI is InChI=1S/C51H38N2/c1-51(2)47-32-40(52(37-18-8-4-9-19-37)38-20-10-5-11-21-38)30-31-49(47)53(39-28-26-36(27-29-39)35-16-6-3-7-17-35)50-34-46-44-25-15-13-23-42(44)41-22-12-14-24-43(41)45(46)33-48(50)51/h3-34H,1-2H3. The van der Waals surface area contributed by atoms with Crippen molar-refractivity contribution in [2.75, 3.05) is 9.80 Å². The van der Waals surface area contributed by atoms with Crippen LogP contribution in [0.15, 0.2) is 194 Å². The Balaban J connectivity index is 1.24. The molecule has 0 bridgehead atoms. The van der Waals surface area contributed by atoms with Crippen LogP contribution in [0, 0.1) is 0 Å². The van der Waals surface area contributed by atoms with Crippen LogP contribution in [-0.4, -0.2) is 0 Å². The van der Waals surface area contributed by atoms with E-state index < -0.39 is 0 Å². The van der Waals surface area contributed by atoms with Crippen molar-refractivity contribution in [2.45, 2.75) is 19.3 Å². The minimum absolute atomic E-state index is 0.304. The van der Waals surface area contributed by atoms with Gasteiger partial charge in [0.15, 0.2) is 0 Å². The van der Waals surface area contributed by atoms with Gasteiger partial charge in [0.25, 0.3) is 0 Å². The Kier molecular flexibility index (Phi) is 7.19. The molecule has 0 N–H and O–H groups in total. The zero-order valence-corrected chi connectivity index (χ0v) is 29.9. The second kappa shape index (κ2) is 12.3. The van der Waals surface area contributed by atoms with Crippen LogP contribution >= 0.6 is 0 Å². The van der Waals surface area contributed by atoms with E-state index in [0.29, 0.717) is 0 Å². The first-order valence-corrected chi connectivity index (χ1v) is 18.4. The number of benzene rings is 9. The van der Waals surface area contributed by atoms with Gasteiger partial charge in [-0.05, 0) is 121 Å². The molecule has 2 nitrogen and oxygen atoms in total. The molecule has 0 radical (unpaired) electrons. The van der Waals surface area contributed by atoms with Gasteiger partial charge in [-0.15, -0.1) is 0 Å². The molecule has 252 valence electrons. The van der Waals surface area contributed by atoms with E-state index in [1.54, 1.807) is 0 Å². The second-order valence-corrected chi connectivity index (χ2v) is 14.6. The van der Waals surface area contributed by atoms with E-state index in [1.807, 2.05) is 0 Å². The molecule has 53 heavy (non-hydrogen) atoms. The van der Waals surface area contributed by atoms with Gasteiger partial charge in [0.1, 0.15) is 0 Å². The summed E-state index contributed by atoms with van der Waals surface area (Å²) in [4.78, 5) is 4.86. The Morgan fingerprint density at radius 3 is 1.38 bits per heavy atom. The predicted octanol–water partition coefficient (Wildman–Crippen LogP) is 14.4. The van der Waals surface area contributed by atoms with E-state index in [0.717, 1.165) is 22.7 Å². The van der Waals surface area contributed by atoms with Gasteiger partial charge in [0.05, 0.1) is 11.4 Å². The summed E-state index contributed by atoms with van der Waals surface area (Å²) in [6.07, 6.45) is 0. The van der Waals surface area contributed by atoms with Crippen molar-refractivity contribution in [3.63, 3.8) is 0 Å². The molecule has 9 aromatic carbocycles. The molecule has 9 aromatic rings. The highest BCUT2D eigenvalue weighted by atomic mass is 15.2. The van der Waals surface area contributed by atoms with Crippen LogP contribution in [0.3, 0.4) is 0 Å². The van der Waals surface area contributed by atoms with Gasteiger partial charge in [0, 0.05) is 28.2 Å². The highest BCUT2D eigenvalue weighted by Gasteiger charge is 2.38. The Morgan fingerprint density at radius 1 is 0.358 bits per heavy atom. The van der Waals surface area contributed by atoms with Crippen molar-refractivity contribution in [1.29, 1.82) is 0 Å². The number of anilines is 6. The zero-order chi connectivity index (χ0) is 35.5. The summed E-state index contributed by atoms with van der Waals surface area (Å²) in [6, 6.07) is 70.9. The van der Waals surface area contributed by atoms with Crippen molar-refractivity contribution in [3.05, 3.63) is 205 Å². The summed E-state index contributed by atoms with van der Waals surface area (Å²) >= 11 is 0. The molecule has 2 heteroatoms. The lowest BCUT2D eigenvalue weighted by atomic mass is 9.72. The van der Waals surface area contributed by atoms with Crippen LogP contribution in [0.2, 0.25) is 0 Å². The van der Waals surface area contributed by atoms with Crippen molar-refractivity contribution >= 4 is 66.4 Å². The highest BCUT2D eigenvalue weighted by Crippen LogP contribution is 2.55. The van der Waals surface area contributed by atoms with Crippen LogP contribution in [0.5, 0.6) is 0 Å². The van der Waals surface area contributed by atoms with Crippen molar-refractivity contribution in [3.8, 4) is 11.1 Å². The van der Waals surface area contributed by atoms with Crippen molar-refractivity contribution < 1.29 is 0 Å². The van der Waals surface area contributed by atoms with Gasteiger partial charge >= 0.3 is 0 Å². The van der Waals surface area contributed by atoms with E-state index in [-0.39, 0.29) is 5.41 Å². The summed E-state index contributed by atoms with van der Waals surface area (Å²) in [7, 11) is 0. The first kappa shape index (κ1) is 31.1. The lowest BCUT2D eigenvalue weighted by molar-refractivity contribution is 0.633. The minimum Gasteiger partial charge on any atom is -0.310 e. The van der Waals surface area contributed by atoms with E-state index >= 15 is 0 Å². The maximum Gasteiger partial charge on any atom is 0.0509 e. The predicted molar refractivity (Wildman–Crippen MR) is 226 cm³/mol. The Morgan fingerprint density at radius 2 is 0.811 bits per heavy atom. The Hall–Kier alpha value is -6.64. The second-order valence-electron chi connectivity index (χ2n) is 14.6. The fraction of sp³-hybridized carbons (Fsp3) is 0.0588. The number of fused-ring (bicyclic) bond motifs is 8.